The predicted octanol–water partition coefficient (Wildman–Crippen LogP) is 2.78. The first-order chi connectivity index (χ1) is 8.70. The molecule has 1 saturated carbocycles. The highest BCUT2D eigenvalue weighted by molar-refractivity contribution is 9.10. The largest absolute Gasteiger partial charge is 0.573 e. The molecule has 1 aliphatic rings. The van der Waals surface area contributed by atoms with Gasteiger partial charge in [0.2, 0.25) is 5.91 Å². The van der Waals surface area contributed by atoms with Crippen molar-refractivity contribution in [3.8, 4) is 5.75 Å². The summed E-state index contributed by atoms with van der Waals surface area (Å²) in [6.45, 7) is 0. The van der Waals surface area contributed by atoms with Crippen molar-refractivity contribution in [1.82, 2.24) is 0 Å². The van der Waals surface area contributed by atoms with Crippen LogP contribution in [0, 0.1) is 0 Å². The van der Waals surface area contributed by atoms with E-state index in [9.17, 15) is 18.0 Å². The first kappa shape index (κ1) is 14.1. The molecule has 0 radical (unpaired) electrons. The molecular weight excluding hydrogens is 329 g/mol. The van der Waals surface area contributed by atoms with Crippen LogP contribution in [-0.2, 0) is 4.79 Å². The van der Waals surface area contributed by atoms with E-state index in [1.165, 1.54) is 12.1 Å². The lowest BCUT2D eigenvalue weighted by Gasteiger charge is -2.13. The summed E-state index contributed by atoms with van der Waals surface area (Å²) < 4.78 is 40.1. The molecule has 1 aromatic carbocycles. The van der Waals surface area contributed by atoms with Crippen molar-refractivity contribution < 1.29 is 22.7 Å². The van der Waals surface area contributed by atoms with Gasteiger partial charge in [-0.05, 0) is 47.0 Å². The molecule has 3 N–H and O–H groups in total. The second kappa shape index (κ2) is 4.68. The Morgan fingerprint density at radius 2 is 2.05 bits per heavy atom. The van der Waals surface area contributed by atoms with Gasteiger partial charge in [0.05, 0.1) is 10.0 Å². The summed E-state index contributed by atoms with van der Waals surface area (Å²) in [5.41, 5.74) is 5.20. The molecule has 104 valence electrons. The van der Waals surface area contributed by atoms with Crippen LogP contribution in [0.1, 0.15) is 12.8 Å². The fraction of sp³-hybridized carbons (Fsp3) is 0.364. The van der Waals surface area contributed by atoms with Crippen molar-refractivity contribution in [1.29, 1.82) is 0 Å². The lowest BCUT2D eigenvalue weighted by Crippen LogP contribution is -2.37. The van der Waals surface area contributed by atoms with Gasteiger partial charge in [-0.15, -0.1) is 13.2 Å². The Kier molecular flexibility index (Phi) is 3.48. The zero-order valence-electron chi connectivity index (χ0n) is 9.55. The molecule has 0 saturated heterocycles. The standard InChI is InChI=1S/C11H10BrF3N2O2/c12-7-5-6(17-9(18)10(16)3-4-10)1-2-8(7)19-11(13,14)15/h1-2,5H,3-4,16H2,(H,17,18). The quantitative estimate of drug-likeness (QED) is 0.890. The normalized spacial score (nSPS) is 16.9. The molecule has 1 aromatic rings. The summed E-state index contributed by atoms with van der Waals surface area (Å²) in [5.74, 6) is -0.719. The number of anilines is 1. The third kappa shape index (κ3) is 3.60. The first-order valence-electron chi connectivity index (χ1n) is 5.35. The Balaban J connectivity index is 2.08. The van der Waals surface area contributed by atoms with E-state index in [1.807, 2.05) is 0 Å². The minimum atomic E-state index is -4.76. The number of nitrogens with one attached hydrogen (secondary N) is 1. The third-order valence-electron chi connectivity index (χ3n) is 2.66. The number of carbonyl (C=O) groups is 1. The van der Waals surface area contributed by atoms with Crippen molar-refractivity contribution >= 4 is 27.5 Å². The number of benzene rings is 1. The molecular formula is C11H10BrF3N2O2. The molecule has 8 heteroatoms. The van der Waals surface area contributed by atoms with E-state index in [2.05, 4.69) is 26.0 Å². The van der Waals surface area contributed by atoms with E-state index in [0.717, 1.165) is 6.07 Å². The van der Waals surface area contributed by atoms with Crippen LogP contribution in [0.3, 0.4) is 0 Å². The fourth-order valence-corrected chi connectivity index (χ4v) is 1.86. The SMILES string of the molecule is NC1(C(=O)Nc2ccc(OC(F)(F)F)c(Br)c2)CC1. The van der Waals surface area contributed by atoms with Crippen LogP contribution in [0.4, 0.5) is 18.9 Å². The fourth-order valence-electron chi connectivity index (χ4n) is 1.40. The summed E-state index contributed by atoms with van der Waals surface area (Å²) in [6.07, 6.45) is -3.55. The summed E-state index contributed by atoms with van der Waals surface area (Å²) in [4.78, 5) is 11.7. The minimum absolute atomic E-state index is 0.0875. The second-order valence-corrected chi connectivity index (χ2v) is 5.16. The van der Waals surface area contributed by atoms with Gasteiger partial charge in [0.1, 0.15) is 5.75 Å². The zero-order chi connectivity index (χ0) is 14.3. The number of nitrogens with two attached hydrogens (primary N) is 1. The molecule has 0 unspecified atom stereocenters. The molecule has 0 bridgehead atoms. The Bertz CT molecular complexity index is 515. The summed E-state index contributed by atoms with van der Waals surface area (Å²) in [6, 6.07) is 3.75. The summed E-state index contributed by atoms with van der Waals surface area (Å²) >= 11 is 2.95. The Morgan fingerprint density at radius 3 is 2.53 bits per heavy atom. The van der Waals surface area contributed by atoms with Crippen LogP contribution in [0.25, 0.3) is 0 Å². The van der Waals surface area contributed by atoms with E-state index in [0.29, 0.717) is 18.5 Å². The molecule has 0 aromatic heterocycles. The van der Waals surface area contributed by atoms with Crippen LogP contribution in [0.5, 0.6) is 5.75 Å². The highest BCUT2D eigenvalue weighted by Gasteiger charge is 2.46. The van der Waals surface area contributed by atoms with Crippen molar-refractivity contribution in [3.63, 3.8) is 0 Å². The molecule has 4 nitrogen and oxygen atoms in total. The van der Waals surface area contributed by atoms with E-state index < -0.39 is 11.9 Å². The maximum Gasteiger partial charge on any atom is 0.573 e. The van der Waals surface area contributed by atoms with Crippen LogP contribution < -0.4 is 15.8 Å². The number of halogens is 4. The van der Waals surface area contributed by atoms with Gasteiger partial charge in [0, 0.05) is 5.69 Å². The molecule has 0 heterocycles. The molecule has 2 rings (SSSR count). The lowest BCUT2D eigenvalue weighted by atomic mass is 10.2. The van der Waals surface area contributed by atoms with Crippen molar-refractivity contribution in [2.24, 2.45) is 5.73 Å². The zero-order valence-corrected chi connectivity index (χ0v) is 11.1. The number of ether oxygens (including phenoxy) is 1. The monoisotopic (exact) mass is 338 g/mol. The van der Waals surface area contributed by atoms with Gasteiger partial charge in [-0.1, -0.05) is 0 Å². The van der Waals surface area contributed by atoms with Gasteiger partial charge in [-0.2, -0.15) is 0 Å². The Morgan fingerprint density at radius 1 is 1.42 bits per heavy atom. The topological polar surface area (TPSA) is 64.4 Å². The van der Waals surface area contributed by atoms with Crippen LogP contribution in [-0.4, -0.2) is 17.8 Å². The molecule has 19 heavy (non-hydrogen) atoms. The summed E-state index contributed by atoms with van der Waals surface area (Å²) in [7, 11) is 0. The highest BCUT2D eigenvalue weighted by atomic mass is 79.9. The lowest BCUT2D eigenvalue weighted by molar-refractivity contribution is -0.274. The number of carbonyl (C=O) groups excluding carboxylic acids is 1. The number of amides is 1. The third-order valence-corrected chi connectivity index (χ3v) is 3.28. The van der Waals surface area contributed by atoms with E-state index in [4.69, 9.17) is 5.73 Å². The van der Waals surface area contributed by atoms with E-state index in [1.54, 1.807) is 0 Å². The van der Waals surface area contributed by atoms with Crippen LogP contribution in [0.2, 0.25) is 0 Å². The van der Waals surface area contributed by atoms with E-state index >= 15 is 0 Å². The van der Waals surface area contributed by atoms with Crippen LogP contribution >= 0.6 is 15.9 Å². The number of alkyl halides is 3. The molecule has 0 spiro atoms. The average Bonchev–Trinajstić information content (AvgIpc) is 3.00. The van der Waals surface area contributed by atoms with Gasteiger partial charge in [-0.25, -0.2) is 0 Å². The Labute approximate surface area is 115 Å². The molecule has 0 atom stereocenters. The first-order valence-corrected chi connectivity index (χ1v) is 6.15. The van der Waals surface area contributed by atoms with Crippen LogP contribution in [0.15, 0.2) is 22.7 Å². The van der Waals surface area contributed by atoms with Gasteiger partial charge in [-0.3, -0.25) is 4.79 Å². The van der Waals surface area contributed by atoms with Gasteiger partial charge < -0.3 is 15.8 Å². The maximum atomic E-state index is 12.1. The highest BCUT2D eigenvalue weighted by Crippen LogP contribution is 2.35. The smallest absolute Gasteiger partial charge is 0.405 e. The average molecular weight is 339 g/mol. The number of hydrogen-bond donors (Lipinski definition) is 2. The van der Waals surface area contributed by atoms with E-state index in [-0.39, 0.29) is 16.1 Å². The van der Waals surface area contributed by atoms with Crippen molar-refractivity contribution in [2.75, 3.05) is 5.32 Å². The summed E-state index contributed by atoms with van der Waals surface area (Å²) in [5, 5.41) is 2.54. The number of hydrogen-bond acceptors (Lipinski definition) is 3. The van der Waals surface area contributed by atoms with Gasteiger partial charge in [0.15, 0.2) is 0 Å². The number of rotatable bonds is 3. The molecule has 1 amide bonds. The maximum absolute atomic E-state index is 12.1. The molecule has 0 aliphatic heterocycles. The van der Waals surface area contributed by atoms with Gasteiger partial charge in [0.25, 0.3) is 0 Å². The predicted molar refractivity (Wildman–Crippen MR) is 65.6 cm³/mol. The molecule has 1 aliphatic carbocycles. The minimum Gasteiger partial charge on any atom is -0.405 e. The molecule has 1 fully saturated rings. The van der Waals surface area contributed by atoms with Crippen molar-refractivity contribution in [3.05, 3.63) is 22.7 Å². The second-order valence-electron chi connectivity index (χ2n) is 4.30. The van der Waals surface area contributed by atoms with Gasteiger partial charge >= 0.3 is 6.36 Å². The van der Waals surface area contributed by atoms with Crippen molar-refractivity contribution in [2.45, 2.75) is 24.7 Å². The Hall–Kier alpha value is -1.28.